The fourth-order valence-corrected chi connectivity index (χ4v) is 5.17. The van der Waals surface area contributed by atoms with Gasteiger partial charge in [0, 0.05) is 55.5 Å². The summed E-state index contributed by atoms with van der Waals surface area (Å²) in [7, 11) is 10.7. The van der Waals surface area contributed by atoms with Crippen molar-refractivity contribution in [2.24, 2.45) is 0 Å². The number of likely N-dealkylation sites (N-methyl/N-ethyl adjacent to an activating group) is 2. The first-order valence-electron chi connectivity index (χ1n) is 14.5. The zero-order valence-electron chi connectivity index (χ0n) is 26.5. The van der Waals surface area contributed by atoms with E-state index in [2.05, 4.69) is 37.7 Å². The average Bonchev–Trinajstić information content (AvgIpc) is 3.83. The van der Waals surface area contributed by atoms with Crippen LogP contribution in [-0.4, -0.2) is 80.9 Å². The van der Waals surface area contributed by atoms with Crippen molar-refractivity contribution < 1.29 is 19.0 Å². The highest BCUT2D eigenvalue weighted by Gasteiger charge is 2.28. The van der Waals surface area contributed by atoms with E-state index in [0.29, 0.717) is 52.5 Å². The lowest BCUT2D eigenvalue weighted by Crippen LogP contribution is -2.29. The highest BCUT2D eigenvalue weighted by Crippen LogP contribution is 2.45. The first-order chi connectivity index (χ1) is 21.7. The fourth-order valence-electron chi connectivity index (χ4n) is 5.17. The average molecular weight is 611 g/mol. The van der Waals surface area contributed by atoms with E-state index in [1.54, 1.807) is 27.4 Å². The fraction of sp³-hybridized carbons (Fsp3) is 0.333. The molecule has 2 heterocycles. The van der Waals surface area contributed by atoms with E-state index >= 15 is 0 Å². The second-order valence-electron chi connectivity index (χ2n) is 11.1. The van der Waals surface area contributed by atoms with E-state index in [0.717, 1.165) is 41.5 Å². The van der Waals surface area contributed by atoms with E-state index in [1.165, 1.54) is 12.3 Å². The van der Waals surface area contributed by atoms with Crippen LogP contribution in [-0.2, 0) is 4.79 Å². The Hall–Kier alpha value is -5.28. The molecule has 0 saturated heterocycles. The van der Waals surface area contributed by atoms with Gasteiger partial charge in [0.15, 0.2) is 11.5 Å². The number of nitrogens with one attached hydrogen (secondary N) is 2. The molecule has 0 aliphatic heterocycles. The Morgan fingerprint density at radius 2 is 1.78 bits per heavy atom. The molecule has 5 rings (SSSR count). The molecule has 1 fully saturated rings. The predicted octanol–water partition coefficient (Wildman–Crippen LogP) is 5.20. The molecule has 0 unspecified atom stereocenters. The van der Waals surface area contributed by atoms with Crippen molar-refractivity contribution in [3.8, 4) is 34.6 Å². The molecule has 4 aromatic rings. The molecule has 45 heavy (non-hydrogen) atoms. The van der Waals surface area contributed by atoms with Crippen molar-refractivity contribution >= 4 is 39.8 Å². The molecular weight excluding hydrogens is 572 g/mol. The third-order valence-corrected chi connectivity index (χ3v) is 7.74. The van der Waals surface area contributed by atoms with Crippen LogP contribution < -0.4 is 29.7 Å². The highest BCUT2D eigenvalue weighted by atomic mass is 16.5. The summed E-state index contributed by atoms with van der Waals surface area (Å²) < 4.78 is 19.2. The van der Waals surface area contributed by atoms with E-state index < -0.39 is 0 Å². The normalized spacial score (nSPS) is 12.5. The lowest BCUT2D eigenvalue weighted by Gasteiger charge is -2.26. The Bertz CT molecular complexity index is 1790. The summed E-state index contributed by atoms with van der Waals surface area (Å²) in [5, 5.41) is 17.1. The molecule has 1 saturated carbocycles. The summed E-state index contributed by atoms with van der Waals surface area (Å²) in [5.41, 5.74) is 4.42. The molecule has 2 aromatic carbocycles. The summed E-state index contributed by atoms with van der Waals surface area (Å²) >= 11 is 0. The number of hydrogen-bond donors (Lipinski definition) is 2. The molecule has 12 nitrogen and oxygen atoms in total. The van der Waals surface area contributed by atoms with Gasteiger partial charge in [0.2, 0.25) is 11.9 Å². The predicted molar refractivity (Wildman–Crippen MR) is 176 cm³/mol. The summed E-state index contributed by atoms with van der Waals surface area (Å²) in [4.78, 5) is 25.8. The third-order valence-electron chi connectivity index (χ3n) is 7.74. The number of amides is 1. The van der Waals surface area contributed by atoms with Gasteiger partial charge in [-0.1, -0.05) is 6.58 Å². The van der Waals surface area contributed by atoms with Gasteiger partial charge in [0.1, 0.15) is 11.8 Å². The maximum absolute atomic E-state index is 12.4. The van der Waals surface area contributed by atoms with Crippen LogP contribution in [0.4, 0.5) is 23.0 Å². The Labute approximate surface area is 262 Å². The first-order valence-corrected chi connectivity index (χ1v) is 14.5. The molecular formula is C33H38N8O4. The van der Waals surface area contributed by atoms with Crippen LogP contribution in [0.5, 0.6) is 17.2 Å². The Morgan fingerprint density at radius 1 is 1.07 bits per heavy atom. The van der Waals surface area contributed by atoms with Crippen LogP contribution >= 0.6 is 0 Å². The summed E-state index contributed by atoms with van der Waals surface area (Å²) in [5.74, 6) is 1.65. The van der Waals surface area contributed by atoms with E-state index in [4.69, 9.17) is 19.2 Å². The lowest BCUT2D eigenvalue weighted by molar-refractivity contribution is -0.111. The number of nitriles is 1. The largest absolute Gasteiger partial charge is 0.494 e. The molecule has 0 bridgehead atoms. The molecule has 1 aliphatic rings. The number of nitrogens with zero attached hydrogens (tertiary/aromatic N) is 6. The number of carbonyl (C=O) groups is 1. The number of anilines is 4. The number of aromatic nitrogens is 3. The number of ether oxygens (including phenoxy) is 3. The van der Waals surface area contributed by atoms with Crippen molar-refractivity contribution in [3.05, 3.63) is 54.9 Å². The van der Waals surface area contributed by atoms with Crippen LogP contribution in [0.2, 0.25) is 0 Å². The van der Waals surface area contributed by atoms with Crippen molar-refractivity contribution in [2.75, 3.05) is 71.1 Å². The number of hydrogen-bond acceptors (Lipinski definition) is 10. The topological polar surface area (TPSA) is 130 Å². The zero-order valence-corrected chi connectivity index (χ0v) is 26.5. The van der Waals surface area contributed by atoms with Gasteiger partial charge in [-0.2, -0.15) is 5.26 Å². The van der Waals surface area contributed by atoms with Crippen LogP contribution in [0.1, 0.15) is 24.4 Å². The van der Waals surface area contributed by atoms with Crippen molar-refractivity contribution in [1.82, 2.24) is 19.4 Å². The van der Waals surface area contributed by atoms with E-state index in [1.807, 2.05) is 50.4 Å². The Balaban J connectivity index is 1.59. The molecule has 0 atom stereocenters. The summed E-state index contributed by atoms with van der Waals surface area (Å²) in [6.07, 6.45) is 6.91. The molecule has 234 valence electrons. The van der Waals surface area contributed by atoms with Crippen LogP contribution in [0, 0.1) is 11.3 Å². The molecule has 1 aliphatic carbocycles. The molecule has 2 N–H and O–H groups in total. The number of carbonyl (C=O) groups excluding carboxylic acids is 1. The molecule has 12 heteroatoms. The molecule has 2 aromatic heterocycles. The Morgan fingerprint density at radius 3 is 2.40 bits per heavy atom. The number of benzene rings is 2. The molecule has 0 radical (unpaired) electrons. The van der Waals surface area contributed by atoms with Gasteiger partial charge in [-0.3, -0.25) is 4.79 Å². The molecule has 1 amide bonds. The van der Waals surface area contributed by atoms with E-state index in [9.17, 15) is 10.1 Å². The van der Waals surface area contributed by atoms with Crippen LogP contribution in [0.15, 0.2) is 49.3 Å². The maximum atomic E-state index is 12.4. The van der Waals surface area contributed by atoms with Gasteiger partial charge in [0.05, 0.1) is 61.4 Å². The quantitative estimate of drug-likeness (QED) is 0.195. The zero-order chi connectivity index (χ0) is 32.2. The van der Waals surface area contributed by atoms with Gasteiger partial charge in [-0.05, 0) is 45.1 Å². The number of fused-ring (bicyclic) bond motifs is 1. The lowest BCUT2D eigenvalue weighted by atomic mass is 10.1. The maximum Gasteiger partial charge on any atom is 0.247 e. The second-order valence-corrected chi connectivity index (χ2v) is 11.1. The van der Waals surface area contributed by atoms with Gasteiger partial charge in [-0.15, -0.1) is 0 Å². The summed E-state index contributed by atoms with van der Waals surface area (Å²) in [6.45, 7) is 5.12. The first kappa shape index (κ1) is 31.2. The highest BCUT2D eigenvalue weighted by molar-refractivity contribution is 6.02. The smallest absolute Gasteiger partial charge is 0.247 e. The van der Waals surface area contributed by atoms with Crippen LogP contribution in [0.25, 0.3) is 22.2 Å². The molecule has 0 spiro atoms. The van der Waals surface area contributed by atoms with E-state index in [-0.39, 0.29) is 11.9 Å². The van der Waals surface area contributed by atoms with Crippen LogP contribution in [0.3, 0.4) is 0 Å². The minimum Gasteiger partial charge on any atom is -0.494 e. The van der Waals surface area contributed by atoms with Gasteiger partial charge in [-0.25, -0.2) is 9.97 Å². The van der Waals surface area contributed by atoms with Gasteiger partial charge in [0.25, 0.3) is 0 Å². The number of methoxy groups -OCH3 is 3. The number of rotatable bonds is 13. The van der Waals surface area contributed by atoms with Crippen molar-refractivity contribution in [2.45, 2.75) is 18.9 Å². The van der Waals surface area contributed by atoms with Gasteiger partial charge < -0.3 is 39.2 Å². The third kappa shape index (κ3) is 6.49. The minimum absolute atomic E-state index is 0.254. The van der Waals surface area contributed by atoms with Crippen molar-refractivity contribution in [3.63, 3.8) is 0 Å². The Kier molecular flexibility index (Phi) is 9.11. The monoisotopic (exact) mass is 610 g/mol. The standard InChI is InChI=1S/C33H38N8O4/c1-8-31(42)36-24-14-25(28(43-5)16-27(24)40(4)12-11-39(2)3)37-33-35-18-20(17-34)32(38-33)23-19-41(21-9-10-21)26-15-30(45-7)29(44-6)13-22(23)26/h8,13-16,18-19,21H,1,9-12H2,2-7H3,(H,36,42)(H,35,37,38). The minimum atomic E-state index is -0.343. The second kappa shape index (κ2) is 13.2. The van der Waals surface area contributed by atoms with Crippen molar-refractivity contribution in [1.29, 1.82) is 5.26 Å². The summed E-state index contributed by atoms with van der Waals surface area (Å²) in [6, 6.07) is 10.1. The van der Waals surface area contributed by atoms with Gasteiger partial charge >= 0.3 is 0 Å². The SMILES string of the molecule is C=CC(=O)Nc1cc(Nc2ncc(C#N)c(-c3cn(C4CC4)c4cc(OC)c(OC)cc34)n2)c(OC)cc1N(C)CCN(C)C.